The van der Waals surface area contributed by atoms with Gasteiger partial charge in [-0.3, -0.25) is 0 Å². The lowest BCUT2D eigenvalue weighted by atomic mass is 9.78. The van der Waals surface area contributed by atoms with Crippen molar-refractivity contribution < 1.29 is 13.2 Å². The summed E-state index contributed by atoms with van der Waals surface area (Å²) < 4.78 is 41.1. The van der Waals surface area contributed by atoms with Crippen LogP contribution in [0.3, 0.4) is 0 Å². The molecule has 0 saturated carbocycles. The molecule has 1 aliphatic rings. The van der Waals surface area contributed by atoms with E-state index in [1.54, 1.807) is 6.92 Å². The Kier molecular flexibility index (Phi) is 3.03. The molecule has 4 heteroatoms. The molecule has 0 N–H and O–H groups in total. The molecule has 2 rings (SSSR count). The van der Waals surface area contributed by atoms with Crippen LogP contribution in [0, 0.1) is 5.82 Å². The lowest BCUT2D eigenvalue weighted by Gasteiger charge is -2.33. The van der Waals surface area contributed by atoms with Crippen molar-refractivity contribution in [2.75, 3.05) is 0 Å². The molecule has 0 aromatic heterocycles. The van der Waals surface area contributed by atoms with Crippen molar-refractivity contribution in [3.8, 4) is 0 Å². The van der Waals surface area contributed by atoms with E-state index in [1.807, 2.05) is 0 Å². The van der Waals surface area contributed by atoms with Crippen LogP contribution in [0.5, 0.6) is 0 Å². The third kappa shape index (κ3) is 1.88. The molecule has 0 aliphatic heterocycles. The molecule has 0 heterocycles. The number of aryl methyl sites for hydroxylation is 1. The van der Waals surface area contributed by atoms with Crippen LogP contribution in [0.15, 0.2) is 16.6 Å². The predicted octanol–water partition coefficient (Wildman–Crippen LogP) is 4.66. The van der Waals surface area contributed by atoms with Crippen molar-refractivity contribution in [3.05, 3.63) is 33.5 Å². The minimum atomic E-state index is -2.68. The molecule has 1 aromatic rings. The van der Waals surface area contributed by atoms with Crippen LogP contribution in [0.1, 0.15) is 36.8 Å². The average Bonchev–Trinajstić information content (AvgIpc) is 2.18. The molecule has 0 bridgehead atoms. The summed E-state index contributed by atoms with van der Waals surface area (Å²) >= 11 is 3.19. The molecule has 1 atom stereocenters. The molecular weight excluding hydrogens is 281 g/mol. The smallest absolute Gasteiger partial charge is 0.207 e. The molecule has 88 valence electrons. The van der Waals surface area contributed by atoms with Gasteiger partial charge in [-0.1, -0.05) is 22.9 Å². The summed E-state index contributed by atoms with van der Waals surface area (Å²) in [6.07, 6.45) is 0.424. The van der Waals surface area contributed by atoms with Crippen LogP contribution >= 0.6 is 15.9 Å². The van der Waals surface area contributed by atoms with Gasteiger partial charge in [0.15, 0.2) is 0 Å². The van der Waals surface area contributed by atoms with E-state index in [1.165, 1.54) is 12.1 Å². The highest BCUT2D eigenvalue weighted by molar-refractivity contribution is 9.10. The van der Waals surface area contributed by atoms with Gasteiger partial charge in [-0.15, -0.1) is 0 Å². The summed E-state index contributed by atoms with van der Waals surface area (Å²) in [5.74, 6) is -3.85. The van der Waals surface area contributed by atoms with Gasteiger partial charge in [0, 0.05) is 16.8 Å². The molecule has 0 radical (unpaired) electrons. The van der Waals surface area contributed by atoms with Gasteiger partial charge in [0.25, 0.3) is 5.92 Å². The predicted molar refractivity (Wildman–Crippen MR) is 60.4 cm³/mol. The maximum Gasteiger partial charge on any atom is 0.255 e. The van der Waals surface area contributed by atoms with Gasteiger partial charge in [0.2, 0.25) is 0 Å². The summed E-state index contributed by atoms with van der Waals surface area (Å²) in [7, 11) is 0. The molecule has 0 spiro atoms. The van der Waals surface area contributed by atoms with Crippen molar-refractivity contribution in [2.24, 2.45) is 0 Å². The molecule has 1 aromatic carbocycles. The summed E-state index contributed by atoms with van der Waals surface area (Å²) in [5, 5.41) is 0. The van der Waals surface area contributed by atoms with Gasteiger partial charge in [-0.05, 0) is 36.1 Å². The van der Waals surface area contributed by atoms with Gasteiger partial charge in [0.1, 0.15) is 5.82 Å². The maximum absolute atomic E-state index is 13.7. The van der Waals surface area contributed by atoms with E-state index in [2.05, 4.69) is 15.9 Å². The van der Waals surface area contributed by atoms with E-state index in [0.29, 0.717) is 22.0 Å². The van der Waals surface area contributed by atoms with Crippen molar-refractivity contribution in [1.82, 2.24) is 0 Å². The van der Waals surface area contributed by atoms with E-state index in [-0.39, 0.29) is 18.7 Å². The topological polar surface area (TPSA) is 0 Å². The Morgan fingerprint density at radius 3 is 2.75 bits per heavy atom. The number of benzene rings is 1. The van der Waals surface area contributed by atoms with Crippen molar-refractivity contribution in [1.29, 1.82) is 0 Å². The van der Waals surface area contributed by atoms with Crippen molar-refractivity contribution in [3.63, 3.8) is 0 Å². The first-order valence-corrected chi connectivity index (χ1v) is 6.10. The van der Waals surface area contributed by atoms with Gasteiger partial charge in [-0.2, -0.15) is 0 Å². The normalized spacial score (nSPS) is 22.9. The number of hydrogen-bond acceptors (Lipinski definition) is 0. The third-order valence-electron chi connectivity index (χ3n) is 3.17. The number of fused-ring (bicyclic) bond motifs is 1. The molecule has 1 aliphatic carbocycles. The van der Waals surface area contributed by atoms with E-state index in [0.717, 1.165) is 0 Å². The monoisotopic (exact) mass is 292 g/mol. The minimum Gasteiger partial charge on any atom is -0.207 e. The van der Waals surface area contributed by atoms with E-state index >= 15 is 0 Å². The highest BCUT2D eigenvalue weighted by Crippen LogP contribution is 2.47. The Morgan fingerprint density at radius 2 is 2.12 bits per heavy atom. The number of rotatable bonds is 1. The fraction of sp³-hybridized carbons (Fsp3) is 0.500. The summed E-state index contributed by atoms with van der Waals surface area (Å²) in [6, 6.07) is 2.64. The van der Waals surface area contributed by atoms with Crippen molar-refractivity contribution in [2.45, 2.75) is 38.0 Å². The zero-order chi connectivity index (χ0) is 11.9. The Morgan fingerprint density at radius 1 is 1.44 bits per heavy atom. The standard InChI is InChI=1S/C12H12BrF3/c1-2-9-11-7(3-4-12(9,15)16)5-8(14)6-10(11)13/h5-6,9H,2-4H2,1H3. The average molecular weight is 293 g/mol. The van der Waals surface area contributed by atoms with E-state index in [9.17, 15) is 13.2 Å². The van der Waals surface area contributed by atoms with Crippen molar-refractivity contribution >= 4 is 15.9 Å². The van der Waals surface area contributed by atoms with Crippen LogP contribution in [0.4, 0.5) is 13.2 Å². The minimum absolute atomic E-state index is 0.186. The molecule has 0 saturated heterocycles. The Hall–Kier alpha value is -0.510. The number of hydrogen-bond donors (Lipinski definition) is 0. The second-order valence-corrected chi connectivity index (χ2v) is 5.04. The maximum atomic E-state index is 13.7. The number of halogens is 4. The summed E-state index contributed by atoms with van der Waals surface area (Å²) in [6.45, 7) is 1.74. The van der Waals surface area contributed by atoms with Gasteiger partial charge in [-0.25, -0.2) is 13.2 Å². The second kappa shape index (κ2) is 4.06. The highest BCUT2D eigenvalue weighted by Gasteiger charge is 2.44. The molecular formula is C12H12BrF3. The fourth-order valence-corrected chi connectivity index (χ4v) is 3.17. The molecule has 0 nitrogen and oxygen atoms in total. The van der Waals surface area contributed by atoms with Gasteiger partial charge < -0.3 is 0 Å². The Bertz CT molecular complexity index is 415. The van der Waals surface area contributed by atoms with Crippen LogP contribution in [-0.2, 0) is 6.42 Å². The first-order chi connectivity index (χ1) is 7.45. The first-order valence-electron chi connectivity index (χ1n) is 5.31. The second-order valence-electron chi connectivity index (χ2n) is 4.18. The van der Waals surface area contributed by atoms with Crippen LogP contribution in [-0.4, -0.2) is 5.92 Å². The Balaban J connectivity index is 2.57. The van der Waals surface area contributed by atoms with Gasteiger partial charge in [0.05, 0.1) is 0 Å². The quantitative estimate of drug-likeness (QED) is 0.706. The summed E-state index contributed by atoms with van der Waals surface area (Å²) in [4.78, 5) is 0. The van der Waals surface area contributed by atoms with Crippen LogP contribution < -0.4 is 0 Å². The molecule has 1 unspecified atom stereocenters. The fourth-order valence-electron chi connectivity index (χ4n) is 2.42. The summed E-state index contributed by atoms with van der Waals surface area (Å²) in [5.41, 5.74) is 1.30. The van der Waals surface area contributed by atoms with Crippen LogP contribution in [0.25, 0.3) is 0 Å². The third-order valence-corrected chi connectivity index (χ3v) is 3.83. The lowest BCUT2D eigenvalue weighted by molar-refractivity contribution is -0.0428. The van der Waals surface area contributed by atoms with Gasteiger partial charge >= 0.3 is 0 Å². The largest absolute Gasteiger partial charge is 0.255 e. The Labute approximate surface area is 101 Å². The molecule has 16 heavy (non-hydrogen) atoms. The zero-order valence-electron chi connectivity index (χ0n) is 8.87. The highest BCUT2D eigenvalue weighted by atomic mass is 79.9. The van der Waals surface area contributed by atoms with E-state index < -0.39 is 11.8 Å². The van der Waals surface area contributed by atoms with E-state index in [4.69, 9.17) is 0 Å². The zero-order valence-corrected chi connectivity index (χ0v) is 10.5. The SMILES string of the molecule is CCC1c2c(Br)cc(F)cc2CCC1(F)F. The molecule has 0 amide bonds. The lowest BCUT2D eigenvalue weighted by Crippen LogP contribution is -2.32. The molecule has 0 fully saturated rings. The number of alkyl halides is 2. The van der Waals surface area contributed by atoms with Crippen LogP contribution in [0.2, 0.25) is 0 Å². The first kappa shape index (κ1) is 12.0.